The van der Waals surface area contributed by atoms with E-state index < -0.39 is 15.9 Å². The number of nitro groups is 1. The van der Waals surface area contributed by atoms with Crippen LogP contribution < -0.4 is 9.47 Å². The smallest absolute Gasteiger partial charge is 0.311 e. The summed E-state index contributed by atoms with van der Waals surface area (Å²) in [6.07, 6.45) is 0. The molecule has 0 radical (unpaired) electrons. The van der Waals surface area contributed by atoms with Gasteiger partial charge in [0.25, 0.3) is 0 Å². The molecule has 31 heavy (non-hydrogen) atoms. The number of hydrogen-bond acceptors (Lipinski definition) is 5. The third-order valence-electron chi connectivity index (χ3n) is 6.63. The summed E-state index contributed by atoms with van der Waals surface area (Å²) in [5.74, 6) is 0.880. The van der Waals surface area contributed by atoms with E-state index in [1.165, 1.54) is 6.07 Å². The molecule has 0 bridgehead atoms. The van der Waals surface area contributed by atoms with Crippen molar-refractivity contribution in [3.05, 3.63) is 74.4 Å². The van der Waals surface area contributed by atoms with Gasteiger partial charge in [0.15, 0.2) is 0 Å². The Hall–Kier alpha value is -3.06. The maximum atomic E-state index is 11.7. The average molecular weight is 440 g/mol. The molecule has 3 aromatic rings. The average Bonchev–Trinajstić information content (AvgIpc) is 3.03. The van der Waals surface area contributed by atoms with Gasteiger partial charge in [-0.25, -0.2) is 4.68 Å². The van der Waals surface area contributed by atoms with Gasteiger partial charge in [0.05, 0.1) is 22.9 Å². The predicted octanol–water partition coefficient (Wildman–Crippen LogP) is 5.23. The van der Waals surface area contributed by atoms with E-state index in [4.69, 9.17) is 26.2 Å². The Labute approximate surface area is 184 Å². The molecule has 160 valence electrons. The Morgan fingerprint density at radius 2 is 1.97 bits per heavy atom. The van der Waals surface area contributed by atoms with Crippen LogP contribution in [0, 0.1) is 23.0 Å². The second kappa shape index (κ2) is 6.47. The van der Waals surface area contributed by atoms with E-state index in [1.807, 2.05) is 51.1 Å². The van der Waals surface area contributed by atoms with Crippen LogP contribution in [0.1, 0.15) is 37.6 Å². The summed E-state index contributed by atoms with van der Waals surface area (Å²) in [7, 11) is 0. The molecule has 2 aliphatic rings. The van der Waals surface area contributed by atoms with E-state index in [9.17, 15) is 10.1 Å². The van der Waals surface area contributed by atoms with E-state index in [0.29, 0.717) is 23.3 Å². The lowest BCUT2D eigenvalue weighted by Gasteiger charge is -2.52. The SMILES string of the molecule is Cc1nn(-c2cccc(Cl)c2)c2c1[C@]1(C)c3cccc([N+](=O)[O-])c3OC[C@@H]1C(C)(C)O2. The first-order valence-corrected chi connectivity index (χ1v) is 10.5. The molecular weight excluding hydrogens is 418 g/mol. The van der Waals surface area contributed by atoms with Crippen LogP contribution in [0.5, 0.6) is 11.6 Å². The zero-order valence-corrected chi connectivity index (χ0v) is 18.4. The number of nitrogens with zero attached hydrogens (tertiary/aromatic N) is 3. The number of para-hydroxylation sites is 1. The number of aryl methyl sites for hydroxylation is 1. The normalized spacial score (nSPS) is 23.1. The topological polar surface area (TPSA) is 79.4 Å². The second-order valence-corrected chi connectivity index (χ2v) is 9.28. The summed E-state index contributed by atoms with van der Waals surface area (Å²) in [6.45, 7) is 8.41. The predicted molar refractivity (Wildman–Crippen MR) is 117 cm³/mol. The number of rotatable bonds is 2. The van der Waals surface area contributed by atoms with Crippen molar-refractivity contribution in [2.45, 2.75) is 38.7 Å². The molecular formula is C23H22ClN3O4. The van der Waals surface area contributed by atoms with E-state index in [1.54, 1.807) is 10.7 Å². The summed E-state index contributed by atoms with van der Waals surface area (Å²) in [6, 6.07) is 12.5. The standard InChI is InChI=1S/C23H22ClN3O4/c1-13-19-21(26(25-13)15-8-5-7-14(24)11-15)31-22(2,3)18-12-30-20-16(23(18,19)4)9-6-10-17(20)27(28)29/h5-11,18H,12H2,1-4H3/t18-,23-/m1/s1. The molecule has 0 spiro atoms. The highest BCUT2D eigenvalue weighted by atomic mass is 35.5. The minimum Gasteiger partial charge on any atom is -0.486 e. The summed E-state index contributed by atoms with van der Waals surface area (Å²) < 4.78 is 14.3. The molecule has 0 saturated carbocycles. The maximum Gasteiger partial charge on any atom is 0.311 e. The Kier molecular flexibility index (Phi) is 4.15. The van der Waals surface area contributed by atoms with Gasteiger partial charge < -0.3 is 9.47 Å². The van der Waals surface area contributed by atoms with Gasteiger partial charge in [-0.15, -0.1) is 0 Å². The molecule has 0 saturated heterocycles. The lowest BCUT2D eigenvalue weighted by Crippen LogP contribution is -2.57. The summed E-state index contributed by atoms with van der Waals surface area (Å²) in [5, 5.41) is 17.1. The third-order valence-corrected chi connectivity index (χ3v) is 6.87. The lowest BCUT2D eigenvalue weighted by molar-refractivity contribution is -0.386. The van der Waals surface area contributed by atoms with Crippen molar-refractivity contribution in [2.24, 2.45) is 5.92 Å². The Bertz CT molecular complexity index is 1240. The molecule has 0 fully saturated rings. The summed E-state index contributed by atoms with van der Waals surface area (Å²) >= 11 is 6.23. The van der Waals surface area contributed by atoms with E-state index in [2.05, 4.69) is 6.92 Å². The Morgan fingerprint density at radius 1 is 1.23 bits per heavy atom. The van der Waals surface area contributed by atoms with Gasteiger partial charge in [-0.2, -0.15) is 5.10 Å². The van der Waals surface area contributed by atoms with Gasteiger partial charge in [0, 0.05) is 33.5 Å². The summed E-state index contributed by atoms with van der Waals surface area (Å²) in [4.78, 5) is 11.3. The fourth-order valence-corrected chi connectivity index (χ4v) is 5.44. The molecule has 2 aliphatic heterocycles. The van der Waals surface area contributed by atoms with Crippen molar-refractivity contribution in [1.82, 2.24) is 9.78 Å². The molecule has 0 amide bonds. The van der Waals surface area contributed by atoms with Crippen molar-refractivity contribution >= 4 is 17.3 Å². The Balaban J connectivity index is 1.82. The number of nitro benzene ring substituents is 1. The number of aromatic nitrogens is 2. The van der Waals surface area contributed by atoms with Crippen molar-refractivity contribution in [1.29, 1.82) is 0 Å². The largest absolute Gasteiger partial charge is 0.486 e. The van der Waals surface area contributed by atoms with E-state index in [0.717, 1.165) is 22.5 Å². The fraction of sp³-hybridized carbons (Fsp3) is 0.348. The first-order chi connectivity index (χ1) is 14.6. The number of hydrogen-bond donors (Lipinski definition) is 0. The van der Waals surface area contributed by atoms with Gasteiger partial charge in [-0.05, 0) is 39.0 Å². The van der Waals surface area contributed by atoms with Crippen LogP contribution in [-0.2, 0) is 5.41 Å². The Morgan fingerprint density at radius 3 is 2.68 bits per heavy atom. The molecule has 2 atom stereocenters. The van der Waals surface area contributed by atoms with Crippen molar-refractivity contribution < 1.29 is 14.4 Å². The molecule has 2 aromatic carbocycles. The summed E-state index contributed by atoms with van der Waals surface area (Å²) in [5.41, 5.74) is 2.08. The van der Waals surface area contributed by atoms with Crippen LogP contribution in [-0.4, -0.2) is 26.9 Å². The maximum absolute atomic E-state index is 11.7. The highest BCUT2D eigenvalue weighted by molar-refractivity contribution is 6.30. The van der Waals surface area contributed by atoms with Crippen LogP contribution in [0.3, 0.4) is 0 Å². The highest BCUT2D eigenvalue weighted by Crippen LogP contribution is 2.58. The highest BCUT2D eigenvalue weighted by Gasteiger charge is 2.58. The number of ether oxygens (including phenoxy) is 2. The lowest BCUT2D eigenvalue weighted by atomic mass is 9.59. The van der Waals surface area contributed by atoms with Crippen molar-refractivity contribution in [2.75, 3.05) is 6.61 Å². The molecule has 3 heterocycles. The molecule has 0 unspecified atom stereocenters. The van der Waals surface area contributed by atoms with Gasteiger partial charge in [0.1, 0.15) is 5.60 Å². The molecule has 0 aliphatic carbocycles. The van der Waals surface area contributed by atoms with Crippen LogP contribution in [0.4, 0.5) is 5.69 Å². The van der Waals surface area contributed by atoms with Crippen LogP contribution in [0.2, 0.25) is 5.02 Å². The van der Waals surface area contributed by atoms with Gasteiger partial charge in [0.2, 0.25) is 11.6 Å². The number of fused-ring (bicyclic) bond motifs is 5. The fourth-order valence-electron chi connectivity index (χ4n) is 5.26. The first kappa shape index (κ1) is 19.9. The van der Waals surface area contributed by atoms with E-state index >= 15 is 0 Å². The minimum atomic E-state index is -0.604. The zero-order valence-electron chi connectivity index (χ0n) is 17.7. The second-order valence-electron chi connectivity index (χ2n) is 8.84. The molecule has 1 aromatic heterocycles. The number of halogens is 1. The van der Waals surface area contributed by atoms with Gasteiger partial charge >= 0.3 is 5.69 Å². The number of benzene rings is 2. The van der Waals surface area contributed by atoms with Crippen molar-refractivity contribution in [3.8, 4) is 17.3 Å². The van der Waals surface area contributed by atoms with Crippen LogP contribution >= 0.6 is 11.6 Å². The molecule has 8 heteroatoms. The minimum absolute atomic E-state index is 0.0251. The quantitative estimate of drug-likeness (QED) is 0.403. The van der Waals surface area contributed by atoms with E-state index in [-0.39, 0.29) is 11.6 Å². The van der Waals surface area contributed by atoms with Crippen LogP contribution in [0.15, 0.2) is 42.5 Å². The molecule has 0 N–H and O–H groups in total. The van der Waals surface area contributed by atoms with Gasteiger partial charge in [-0.3, -0.25) is 10.1 Å². The van der Waals surface area contributed by atoms with Crippen LogP contribution in [0.25, 0.3) is 5.69 Å². The molecule has 5 rings (SSSR count). The van der Waals surface area contributed by atoms with Crippen molar-refractivity contribution in [3.63, 3.8) is 0 Å². The first-order valence-electron chi connectivity index (χ1n) is 10.1. The monoisotopic (exact) mass is 439 g/mol. The van der Waals surface area contributed by atoms with Gasteiger partial charge in [-0.1, -0.05) is 36.7 Å². The third kappa shape index (κ3) is 2.69. The zero-order chi connectivity index (χ0) is 22.1. The molecule has 7 nitrogen and oxygen atoms in total.